The van der Waals surface area contributed by atoms with E-state index in [4.69, 9.17) is 6.52 Å². The number of aliphatic carboxylic acids is 1. The van der Waals surface area contributed by atoms with E-state index in [2.05, 4.69) is 0 Å². The standard InChI is InChI=1S/C5H9NO2/c7-5(8)4-2-1-3-6-4/h4,6H,1-3H2,(H,7,8)/t4-/m0/s1/i/hT. The van der Waals surface area contributed by atoms with Crippen LogP contribution in [0.1, 0.15) is 12.8 Å². The Labute approximate surface area is 49.2 Å². The Morgan fingerprint density at radius 2 is 2.75 bits per heavy atom. The van der Waals surface area contributed by atoms with Gasteiger partial charge in [-0.3, -0.25) is 4.79 Å². The number of carboxylic acids is 1. The van der Waals surface area contributed by atoms with E-state index >= 15 is 0 Å². The van der Waals surface area contributed by atoms with Gasteiger partial charge in [0.2, 0.25) is 0 Å². The van der Waals surface area contributed by atoms with E-state index in [1.165, 1.54) is 0 Å². The Bertz CT molecular complexity index is 128. The van der Waals surface area contributed by atoms with Crippen molar-refractivity contribution in [1.29, 1.82) is 0 Å². The third kappa shape index (κ3) is 0.980. The van der Waals surface area contributed by atoms with Crippen molar-refractivity contribution in [1.82, 2.24) is 5.31 Å². The number of carboxylic acid groups (broad SMARTS) is 1. The highest BCUT2D eigenvalue weighted by molar-refractivity contribution is 5.73. The molecule has 0 aliphatic carbocycles. The minimum atomic E-state index is -0.873. The second kappa shape index (κ2) is 2.13. The van der Waals surface area contributed by atoms with E-state index in [9.17, 15) is 4.79 Å². The fourth-order valence-electron chi connectivity index (χ4n) is 0.825. The third-order valence-electron chi connectivity index (χ3n) is 1.27. The van der Waals surface area contributed by atoms with Gasteiger partial charge in [-0.1, -0.05) is 0 Å². The van der Waals surface area contributed by atoms with Gasteiger partial charge in [0.25, 0.3) is 0 Å². The first-order chi connectivity index (χ1) is 4.22. The average molecular weight is 117 g/mol. The topological polar surface area (TPSA) is 49.3 Å². The molecule has 1 heterocycles. The zero-order valence-electron chi connectivity index (χ0n) is 5.50. The summed E-state index contributed by atoms with van der Waals surface area (Å²) in [6.07, 6.45) is 1.46. The van der Waals surface area contributed by atoms with Gasteiger partial charge in [-0.2, -0.15) is 0 Å². The molecule has 46 valence electrons. The van der Waals surface area contributed by atoms with Crippen molar-refractivity contribution in [2.45, 2.75) is 18.9 Å². The van der Waals surface area contributed by atoms with Crippen LogP contribution < -0.4 is 5.31 Å². The molecule has 0 unspecified atom stereocenters. The molecule has 1 fully saturated rings. The maximum absolute atomic E-state index is 10.3. The molecule has 0 bridgehead atoms. The Balaban J connectivity index is 2.49. The molecule has 1 aliphatic heterocycles. The van der Waals surface area contributed by atoms with Crippen molar-refractivity contribution in [3.8, 4) is 0 Å². The highest BCUT2D eigenvalue weighted by atomic mass is 16.4. The number of rotatable bonds is 1. The molecule has 0 spiro atoms. The number of hydrogen-bond donors (Lipinski definition) is 2. The molecule has 3 nitrogen and oxygen atoms in total. The lowest BCUT2D eigenvalue weighted by atomic mass is 10.2. The highest BCUT2D eigenvalue weighted by Gasteiger charge is 2.20. The van der Waals surface area contributed by atoms with Gasteiger partial charge in [0, 0.05) is 0 Å². The molecular formula is C5H9NO2. The van der Waals surface area contributed by atoms with Crippen LogP contribution in [0.5, 0.6) is 0 Å². The highest BCUT2D eigenvalue weighted by Crippen LogP contribution is 2.03. The quantitative estimate of drug-likeness (QED) is 0.501. The molecule has 0 aromatic rings. The molecule has 1 saturated heterocycles. The van der Waals surface area contributed by atoms with Crippen molar-refractivity contribution < 1.29 is 11.3 Å². The summed E-state index contributed by atoms with van der Waals surface area (Å²) in [5.41, 5.74) is 0. The number of hydrogen-bond acceptors (Lipinski definition) is 2. The fraction of sp³-hybridized carbons (Fsp3) is 0.800. The zero-order chi connectivity index (χ0) is 6.85. The summed E-state index contributed by atoms with van der Waals surface area (Å²) in [4.78, 5) is 10.3. The van der Waals surface area contributed by atoms with Crippen LogP contribution in [0.3, 0.4) is 0 Å². The summed E-state index contributed by atoms with van der Waals surface area (Å²) >= 11 is 0. The molecule has 8 heavy (non-hydrogen) atoms. The van der Waals surface area contributed by atoms with Crippen LogP contribution in [0, 0.1) is 0 Å². The lowest BCUT2D eigenvalue weighted by Crippen LogP contribution is -2.29. The van der Waals surface area contributed by atoms with Crippen LogP contribution in [0.15, 0.2) is 0 Å². The van der Waals surface area contributed by atoms with Crippen LogP contribution in [-0.4, -0.2) is 23.7 Å². The van der Waals surface area contributed by atoms with Crippen LogP contribution >= 0.6 is 0 Å². The molecule has 0 aromatic heterocycles. The van der Waals surface area contributed by atoms with Crippen LogP contribution in [0.4, 0.5) is 0 Å². The molecule has 2 N–H and O–H groups in total. The predicted octanol–water partition coefficient (Wildman–Crippen LogP) is -0.177. The first-order valence-corrected chi connectivity index (χ1v) is 2.70. The molecule has 1 aliphatic rings. The van der Waals surface area contributed by atoms with Crippen molar-refractivity contribution in [2.75, 3.05) is 6.54 Å². The second-order valence-corrected chi connectivity index (χ2v) is 1.90. The monoisotopic (exact) mass is 117 g/mol. The summed E-state index contributed by atoms with van der Waals surface area (Å²) in [7, 11) is 0. The predicted molar refractivity (Wildman–Crippen MR) is 28.7 cm³/mol. The van der Waals surface area contributed by atoms with E-state index in [1.54, 1.807) is 0 Å². The van der Waals surface area contributed by atoms with Crippen molar-refractivity contribution in [3.63, 3.8) is 0 Å². The molecular weight excluding hydrogens is 106 g/mol. The van der Waals surface area contributed by atoms with Gasteiger partial charge in [0.1, 0.15) is 7.45 Å². The molecule has 0 aromatic carbocycles. The number of nitrogens with one attached hydrogen (secondary N) is 1. The molecule has 1 rings (SSSR count). The van der Waals surface area contributed by atoms with E-state index in [0.29, 0.717) is 13.0 Å². The van der Waals surface area contributed by atoms with Gasteiger partial charge < -0.3 is 10.4 Å². The van der Waals surface area contributed by atoms with E-state index in [1.807, 2.05) is 0 Å². The van der Waals surface area contributed by atoms with E-state index < -0.39 is 12.0 Å². The Kier molecular flexibility index (Phi) is 1.15. The minimum Gasteiger partial charge on any atom is -0.480 e. The van der Waals surface area contributed by atoms with E-state index in [-0.39, 0.29) is 0 Å². The first-order valence-electron chi connectivity index (χ1n) is 3.15. The summed E-state index contributed by atoms with van der Waals surface area (Å²) in [6, 6.07) is -0.551. The molecule has 3 heteroatoms. The Morgan fingerprint density at radius 3 is 3.00 bits per heavy atom. The molecule has 1 atom stereocenters. The smallest absolute Gasteiger partial charge is 0.320 e. The maximum atomic E-state index is 10.3. The molecule has 0 amide bonds. The largest absolute Gasteiger partial charge is 0.480 e. The zero-order valence-corrected chi connectivity index (χ0v) is 4.50. The molecule has 0 saturated carbocycles. The second-order valence-electron chi connectivity index (χ2n) is 1.90. The SMILES string of the molecule is [3H]N1CCC[C@H]1C(=O)O. The maximum Gasteiger partial charge on any atom is 0.320 e. The van der Waals surface area contributed by atoms with Gasteiger partial charge in [-0.15, -0.1) is 0 Å². The van der Waals surface area contributed by atoms with Crippen LogP contribution in [0.2, 0.25) is 1.41 Å². The van der Waals surface area contributed by atoms with Crippen molar-refractivity contribution >= 4 is 5.97 Å². The summed E-state index contributed by atoms with van der Waals surface area (Å²) in [6.45, 7) is 0.594. The van der Waals surface area contributed by atoms with Gasteiger partial charge in [-0.25, -0.2) is 0 Å². The van der Waals surface area contributed by atoms with E-state index in [0.717, 1.165) is 11.7 Å². The van der Waals surface area contributed by atoms with Crippen molar-refractivity contribution in [3.05, 3.63) is 0 Å². The molecule has 0 radical (unpaired) electrons. The van der Waals surface area contributed by atoms with Gasteiger partial charge in [0.15, 0.2) is 0 Å². The first kappa shape index (κ1) is 4.32. The Hall–Kier alpha value is -0.570. The van der Waals surface area contributed by atoms with Crippen LogP contribution in [0.25, 0.3) is 0 Å². The average Bonchev–Trinajstić information content (AvgIpc) is 2.13. The summed E-state index contributed by atoms with van der Waals surface area (Å²) in [5.74, 6) is -0.873. The van der Waals surface area contributed by atoms with Crippen molar-refractivity contribution in [2.24, 2.45) is 0 Å². The van der Waals surface area contributed by atoms with Gasteiger partial charge >= 0.3 is 5.97 Å². The summed E-state index contributed by atoms with van der Waals surface area (Å²) in [5, 5.41) is 9.55. The number of carbonyl (C=O) groups is 1. The normalized spacial score (nSPS) is 32.5. The summed E-state index contributed by atoms with van der Waals surface area (Å²) < 4.78 is 7.07. The third-order valence-corrected chi connectivity index (χ3v) is 1.27. The fourth-order valence-corrected chi connectivity index (χ4v) is 0.825. The Morgan fingerprint density at radius 1 is 2.00 bits per heavy atom. The van der Waals surface area contributed by atoms with Gasteiger partial charge in [0.05, 0.1) is 0 Å². The van der Waals surface area contributed by atoms with Gasteiger partial charge in [-0.05, 0) is 19.4 Å². The lowest BCUT2D eigenvalue weighted by molar-refractivity contribution is -0.139. The minimum absolute atomic E-state index is 0.551. The van der Waals surface area contributed by atoms with Crippen LogP contribution in [-0.2, 0) is 4.79 Å². The lowest BCUT2D eigenvalue weighted by Gasteiger charge is -1.99.